The third-order valence-corrected chi connectivity index (χ3v) is 3.56. The van der Waals surface area contributed by atoms with Crippen LogP contribution in [0.5, 0.6) is 0 Å². The lowest BCUT2D eigenvalue weighted by atomic mass is 10.4. The number of aryl methyl sites for hydroxylation is 1. The van der Waals surface area contributed by atoms with Gasteiger partial charge >= 0.3 is 0 Å². The Morgan fingerprint density at radius 1 is 1.24 bits per heavy atom. The highest BCUT2D eigenvalue weighted by molar-refractivity contribution is 7.99. The molecule has 1 heterocycles. The van der Waals surface area contributed by atoms with E-state index in [-0.39, 0.29) is 0 Å². The van der Waals surface area contributed by atoms with Crippen LogP contribution in [0.4, 0.5) is 5.82 Å². The number of rotatable bonds is 3. The molecular weight excluding hydrogens is 254 g/mol. The first-order valence-corrected chi connectivity index (χ1v) is 6.34. The number of hydrogen-bond donors (Lipinski definition) is 1. The molecule has 17 heavy (non-hydrogen) atoms. The van der Waals surface area contributed by atoms with E-state index in [2.05, 4.69) is 15.3 Å². The minimum absolute atomic E-state index is 0.736. The summed E-state index contributed by atoms with van der Waals surface area (Å²) in [5.74, 6) is 1.55. The summed E-state index contributed by atoms with van der Waals surface area (Å²) in [6, 6.07) is 9.62. The van der Waals surface area contributed by atoms with Crippen LogP contribution in [-0.4, -0.2) is 17.0 Å². The van der Waals surface area contributed by atoms with Crippen LogP contribution >= 0.6 is 23.4 Å². The zero-order valence-electron chi connectivity index (χ0n) is 9.57. The van der Waals surface area contributed by atoms with Gasteiger partial charge in [-0.1, -0.05) is 35.5 Å². The number of anilines is 1. The first-order valence-electron chi connectivity index (χ1n) is 5.15. The lowest BCUT2D eigenvalue weighted by Crippen LogP contribution is -1.97. The molecule has 2 aromatic rings. The monoisotopic (exact) mass is 265 g/mol. The average Bonchev–Trinajstić information content (AvgIpc) is 2.31. The minimum Gasteiger partial charge on any atom is -0.373 e. The Morgan fingerprint density at radius 3 is 2.71 bits per heavy atom. The van der Waals surface area contributed by atoms with E-state index >= 15 is 0 Å². The molecule has 88 valence electrons. The molecule has 0 aliphatic heterocycles. The van der Waals surface area contributed by atoms with Crippen LogP contribution in [0.3, 0.4) is 0 Å². The van der Waals surface area contributed by atoms with Gasteiger partial charge in [0, 0.05) is 18.0 Å². The van der Waals surface area contributed by atoms with Crippen LogP contribution in [0.15, 0.2) is 40.3 Å². The van der Waals surface area contributed by atoms with Crippen molar-refractivity contribution in [3.05, 3.63) is 41.2 Å². The molecule has 0 fully saturated rings. The van der Waals surface area contributed by atoms with Crippen LogP contribution in [0.25, 0.3) is 0 Å². The Labute approximate surface area is 110 Å². The SMILES string of the molecule is CNc1cc(Sc2ccccc2Cl)nc(C)n1. The molecule has 0 saturated carbocycles. The molecule has 0 radical (unpaired) electrons. The highest BCUT2D eigenvalue weighted by atomic mass is 35.5. The summed E-state index contributed by atoms with van der Waals surface area (Å²) >= 11 is 7.64. The van der Waals surface area contributed by atoms with E-state index in [1.165, 1.54) is 11.8 Å². The smallest absolute Gasteiger partial charge is 0.130 e. The quantitative estimate of drug-likeness (QED) is 0.860. The standard InChI is InChI=1S/C12H12ClN3S/c1-8-15-11(14-2)7-12(16-8)17-10-6-4-3-5-9(10)13/h3-7H,1-2H3,(H,14,15,16). The summed E-state index contributed by atoms with van der Waals surface area (Å²) < 4.78 is 0. The summed E-state index contributed by atoms with van der Waals surface area (Å²) in [5, 5.41) is 4.63. The maximum Gasteiger partial charge on any atom is 0.130 e. The fourth-order valence-electron chi connectivity index (χ4n) is 1.36. The van der Waals surface area contributed by atoms with Crippen molar-refractivity contribution in [2.75, 3.05) is 12.4 Å². The third-order valence-electron chi connectivity index (χ3n) is 2.12. The summed E-state index contributed by atoms with van der Waals surface area (Å²) in [5.41, 5.74) is 0. The van der Waals surface area contributed by atoms with Crippen molar-refractivity contribution in [1.29, 1.82) is 0 Å². The zero-order chi connectivity index (χ0) is 12.3. The topological polar surface area (TPSA) is 37.8 Å². The molecule has 0 saturated heterocycles. The van der Waals surface area contributed by atoms with E-state index < -0.39 is 0 Å². The van der Waals surface area contributed by atoms with E-state index in [0.29, 0.717) is 0 Å². The summed E-state index contributed by atoms with van der Waals surface area (Å²) in [6.45, 7) is 1.87. The molecule has 1 aromatic carbocycles. The van der Waals surface area contributed by atoms with E-state index in [9.17, 15) is 0 Å². The molecular formula is C12H12ClN3S. The van der Waals surface area contributed by atoms with E-state index in [1.807, 2.05) is 44.3 Å². The molecule has 0 atom stereocenters. The van der Waals surface area contributed by atoms with Gasteiger partial charge in [0.2, 0.25) is 0 Å². The number of halogens is 1. The highest BCUT2D eigenvalue weighted by Gasteiger charge is 2.05. The van der Waals surface area contributed by atoms with Gasteiger partial charge in [-0.25, -0.2) is 9.97 Å². The Bertz CT molecular complexity index is 531. The number of benzene rings is 1. The Kier molecular flexibility index (Phi) is 3.86. The van der Waals surface area contributed by atoms with Crippen molar-refractivity contribution in [3.8, 4) is 0 Å². The minimum atomic E-state index is 0.736. The number of hydrogen-bond acceptors (Lipinski definition) is 4. The molecule has 0 amide bonds. The predicted molar refractivity (Wildman–Crippen MR) is 71.9 cm³/mol. The van der Waals surface area contributed by atoms with Crippen LogP contribution in [0.2, 0.25) is 5.02 Å². The molecule has 0 aliphatic rings. The van der Waals surface area contributed by atoms with Gasteiger partial charge in [0.15, 0.2) is 0 Å². The van der Waals surface area contributed by atoms with Gasteiger partial charge in [0.25, 0.3) is 0 Å². The number of aromatic nitrogens is 2. The maximum absolute atomic E-state index is 6.11. The van der Waals surface area contributed by atoms with Crippen molar-refractivity contribution >= 4 is 29.2 Å². The van der Waals surface area contributed by atoms with Gasteiger partial charge in [0.1, 0.15) is 16.7 Å². The Hall–Kier alpha value is -1.26. The third kappa shape index (κ3) is 3.11. The first kappa shape index (κ1) is 12.2. The van der Waals surface area contributed by atoms with Crippen molar-refractivity contribution in [1.82, 2.24) is 9.97 Å². The van der Waals surface area contributed by atoms with Crippen LogP contribution < -0.4 is 5.32 Å². The summed E-state index contributed by atoms with van der Waals surface area (Å²) in [4.78, 5) is 9.61. The molecule has 5 heteroatoms. The molecule has 2 rings (SSSR count). The molecule has 1 N–H and O–H groups in total. The highest BCUT2D eigenvalue weighted by Crippen LogP contribution is 2.32. The van der Waals surface area contributed by atoms with Crippen molar-refractivity contribution in [2.45, 2.75) is 16.8 Å². The van der Waals surface area contributed by atoms with Gasteiger partial charge in [-0.05, 0) is 19.1 Å². The largest absolute Gasteiger partial charge is 0.373 e. The molecule has 0 bridgehead atoms. The van der Waals surface area contributed by atoms with Gasteiger partial charge in [-0.15, -0.1) is 0 Å². The fourth-order valence-corrected chi connectivity index (χ4v) is 2.50. The maximum atomic E-state index is 6.11. The summed E-state index contributed by atoms with van der Waals surface area (Å²) in [6.07, 6.45) is 0. The van der Waals surface area contributed by atoms with Crippen molar-refractivity contribution in [2.24, 2.45) is 0 Å². The van der Waals surface area contributed by atoms with E-state index in [0.717, 1.165) is 26.6 Å². The second-order valence-electron chi connectivity index (χ2n) is 3.42. The normalized spacial score (nSPS) is 10.3. The predicted octanol–water partition coefficient (Wildman–Crippen LogP) is 3.63. The molecule has 0 spiro atoms. The zero-order valence-corrected chi connectivity index (χ0v) is 11.1. The first-order chi connectivity index (χ1) is 8.19. The number of nitrogens with one attached hydrogen (secondary N) is 1. The van der Waals surface area contributed by atoms with Gasteiger partial charge < -0.3 is 5.32 Å². The van der Waals surface area contributed by atoms with Crippen molar-refractivity contribution < 1.29 is 0 Å². The molecule has 1 aromatic heterocycles. The Morgan fingerprint density at radius 2 is 2.00 bits per heavy atom. The average molecular weight is 266 g/mol. The molecule has 0 unspecified atom stereocenters. The number of nitrogens with zero attached hydrogens (tertiary/aromatic N) is 2. The van der Waals surface area contributed by atoms with E-state index in [4.69, 9.17) is 11.6 Å². The van der Waals surface area contributed by atoms with E-state index in [1.54, 1.807) is 0 Å². The second-order valence-corrected chi connectivity index (χ2v) is 4.89. The van der Waals surface area contributed by atoms with Crippen molar-refractivity contribution in [3.63, 3.8) is 0 Å². The summed E-state index contributed by atoms with van der Waals surface area (Å²) in [7, 11) is 1.84. The Balaban J connectivity index is 2.30. The molecule has 0 aliphatic carbocycles. The fraction of sp³-hybridized carbons (Fsp3) is 0.167. The van der Waals surface area contributed by atoms with Crippen LogP contribution in [0, 0.1) is 6.92 Å². The lowest BCUT2D eigenvalue weighted by molar-refractivity contribution is 0.969. The van der Waals surface area contributed by atoms with Crippen LogP contribution in [0.1, 0.15) is 5.82 Å². The molecule has 3 nitrogen and oxygen atoms in total. The second kappa shape index (κ2) is 5.38. The van der Waals surface area contributed by atoms with Gasteiger partial charge in [0.05, 0.1) is 5.02 Å². The van der Waals surface area contributed by atoms with Gasteiger partial charge in [-0.2, -0.15) is 0 Å². The van der Waals surface area contributed by atoms with Gasteiger partial charge in [-0.3, -0.25) is 0 Å². The van der Waals surface area contributed by atoms with Crippen LogP contribution in [-0.2, 0) is 0 Å². The lowest BCUT2D eigenvalue weighted by Gasteiger charge is -2.06.